The predicted octanol–water partition coefficient (Wildman–Crippen LogP) is 2.54. The molecule has 2 aromatic rings. The van der Waals surface area contributed by atoms with Gasteiger partial charge in [0.1, 0.15) is 19.0 Å². The molecule has 5 nitrogen and oxygen atoms in total. The quantitative estimate of drug-likeness (QED) is 0.838. The van der Waals surface area contributed by atoms with Crippen molar-refractivity contribution in [3.8, 4) is 23.0 Å². The van der Waals surface area contributed by atoms with E-state index in [4.69, 9.17) is 19.9 Å². The van der Waals surface area contributed by atoms with Gasteiger partial charge in [-0.3, -0.25) is 4.98 Å². The van der Waals surface area contributed by atoms with Crippen molar-refractivity contribution in [3.05, 3.63) is 36.2 Å². The summed E-state index contributed by atoms with van der Waals surface area (Å²) in [5.41, 5.74) is 7.27. The van der Waals surface area contributed by atoms with Crippen LogP contribution in [0.15, 0.2) is 30.5 Å². The maximum absolute atomic E-state index is 5.96. The molecule has 0 unspecified atom stereocenters. The highest BCUT2D eigenvalue weighted by molar-refractivity contribution is 5.63. The van der Waals surface area contributed by atoms with Gasteiger partial charge in [-0.05, 0) is 19.1 Å². The third kappa shape index (κ3) is 2.27. The molecule has 19 heavy (non-hydrogen) atoms. The van der Waals surface area contributed by atoms with E-state index in [0.29, 0.717) is 41.9 Å². The average Bonchev–Trinajstić information content (AvgIpc) is 2.42. The second kappa shape index (κ2) is 4.68. The fraction of sp³-hybridized carbons (Fsp3) is 0.214. The zero-order valence-electron chi connectivity index (χ0n) is 10.6. The molecule has 0 saturated heterocycles. The van der Waals surface area contributed by atoms with Crippen molar-refractivity contribution in [1.82, 2.24) is 4.98 Å². The van der Waals surface area contributed by atoms with E-state index in [9.17, 15) is 0 Å². The molecule has 1 aliphatic rings. The minimum atomic E-state index is 0.507. The lowest BCUT2D eigenvalue weighted by atomic mass is 10.2. The van der Waals surface area contributed by atoms with Crippen molar-refractivity contribution in [1.29, 1.82) is 0 Å². The fourth-order valence-corrected chi connectivity index (χ4v) is 1.87. The molecule has 0 radical (unpaired) electrons. The topological polar surface area (TPSA) is 66.6 Å². The Hall–Kier alpha value is -2.43. The number of hydrogen-bond acceptors (Lipinski definition) is 5. The summed E-state index contributed by atoms with van der Waals surface area (Å²) in [7, 11) is 0. The molecule has 0 saturated carbocycles. The van der Waals surface area contributed by atoms with Crippen LogP contribution < -0.4 is 19.9 Å². The zero-order chi connectivity index (χ0) is 13.2. The molecule has 1 aromatic carbocycles. The molecule has 0 amide bonds. The Morgan fingerprint density at radius 1 is 1.16 bits per heavy atom. The van der Waals surface area contributed by atoms with Crippen molar-refractivity contribution < 1.29 is 14.2 Å². The van der Waals surface area contributed by atoms with Crippen LogP contribution in [0.5, 0.6) is 23.0 Å². The van der Waals surface area contributed by atoms with Gasteiger partial charge in [0, 0.05) is 18.3 Å². The lowest BCUT2D eigenvalue weighted by molar-refractivity contribution is 0.171. The molecule has 0 atom stereocenters. The maximum Gasteiger partial charge on any atom is 0.165 e. The monoisotopic (exact) mass is 258 g/mol. The number of nitrogens with two attached hydrogens (primary N) is 1. The molecule has 0 spiro atoms. The van der Waals surface area contributed by atoms with Crippen LogP contribution in [0.4, 0.5) is 5.69 Å². The van der Waals surface area contributed by atoms with E-state index in [-0.39, 0.29) is 0 Å². The molecule has 98 valence electrons. The number of nitrogens with zero attached hydrogens (tertiary/aromatic N) is 1. The van der Waals surface area contributed by atoms with Gasteiger partial charge in [-0.2, -0.15) is 0 Å². The van der Waals surface area contributed by atoms with Crippen LogP contribution in [0.2, 0.25) is 0 Å². The van der Waals surface area contributed by atoms with Crippen LogP contribution >= 0.6 is 0 Å². The highest BCUT2D eigenvalue weighted by Crippen LogP contribution is 2.40. The van der Waals surface area contributed by atoms with E-state index < -0.39 is 0 Å². The predicted molar refractivity (Wildman–Crippen MR) is 70.9 cm³/mol. The van der Waals surface area contributed by atoms with Gasteiger partial charge in [0.15, 0.2) is 17.2 Å². The van der Waals surface area contributed by atoms with Gasteiger partial charge in [-0.1, -0.05) is 0 Å². The van der Waals surface area contributed by atoms with E-state index >= 15 is 0 Å². The first-order valence-electron chi connectivity index (χ1n) is 6.02. The number of ether oxygens (including phenoxy) is 3. The van der Waals surface area contributed by atoms with Crippen molar-refractivity contribution in [2.45, 2.75) is 6.92 Å². The molecule has 5 heteroatoms. The summed E-state index contributed by atoms with van der Waals surface area (Å²) in [5.74, 6) is 2.52. The summed E-state index contributed by atoms with van der Waals surface area (Å²) < 4.78 is 16.8. The molecule has 0 aliphatic carbocycles. The van der Waals surface area contributed by atoms with Crippen molar-refractivity contribution in [3.63, 3.8) is 0 Å². The minimum absolute atomic E-state index is 0.507. The third-order valence-corrected chi connectivity index (χ3v) is 2.85. The van der Waals surface area contributed by atoms with Gasteiger partial charge in [0.05, 0.1) is 11.4 Å². The van der Waals surface area contributed by atoms with E-state index in [1.54, 1.807) is 18.3 Å². The largest absolute Gasteiger partial charge is 0.486 e. The van der Waals surface area contributed by atoms with Gasteiger partial charge in [0.25, 0.3) is 0 Å². The summed E-state index contributed by atoms with van der Waals surface area (Å²) in [6.07, 6.45) is 1.72. The SMILES string of the molecule is Cc1ncccc1Oc1cc2c(cc1N)OCCO2. The van der Waals surface area contributed by atoms with Gasteiger partial charge in [-0.25, -0.2) is 0 Å². The molecule has 2 heterocycles. The molecule has 0 bridgehead atoms. The van der Waals surface area contributed by atoms with Crippen molar-refractivity contribution in [2.75, 3.05) is 18.9 Å². The Morgan fingerprint density at radius 3 is 2.63 bits per heavy atom. The highest BCUT2D eigenvalue weighted by Gasteiger charge is 2.16. The number of pyridine rings is 1. The molecule has 1 aliphatic heterocycles. The average molecular weight is 258 g/mol. The Labute approximate surface area is 110 Å². The smallest absolute Gasteiger partial charge is 0.165 e. The summed E-state index contributed by atoms with van der Waals surface area (Å²) >= 11 is 0. The number of nitrogen functional groups attached to an aromatic ring is 1. The van der Waals surface area contributed by atoms with E-state index in [1.165, 1.54) is 0 Å². The second-order valence-electron chi connectivity index (χ2n) is 4.22. The molecule has 0 fully saturated rings. The summed E-state index contributed by atoms with van der Waals surface area (Å²) in [5, 5.41) is 0. The lowest BCUT2D eigenvalue weighted by Crippen LogP contribution is -2.15. The second-order valence-corrected chi connectivity index (χ2v) is 4.22. The molecule has 1 aromatic heterocycles. The number of benzene rings is 1. The first-order valence-corrected chi connectivity index (χ1v) is 6.02. The van der Waals surface area contributed by atoms with Gasteiger partial charge < -0.3 is 19.9 Å². The normalized spacial score (nSPS) is 13.1. The van der Waals surface area contributed by atoms with Gasteiger partial charge in [0.2, 0.25) is 0 Å². The molecular weight excluding hydrogens is 244 g/mol. The summed E-state index contributed by atoms with van der Waals surface area (Å²) in [6.45, 7) is 2.94. The van der Waals surface area contributed by atoms with Gasteiger partial charge >= 0.3 is 0 Å². The van der Waals surface area contributed by atoms with Crippen LogP contribution in [0.25, 0.3) is 0 Å². The number of hydrogen-bond donors (Lipinski definition) is 1. The van der Waals surface area contributed by atoms with Gasteiger partial charge in [-0.15, -0.1) is 0 Å². The van der Waals surface area contributed by atoms with Crippen LogP contribution in [-0.4, -0.2) is 18.2 Å². The van der Waals surface area contributed by atoms with E-state index in [0.717, 1.165) is 5.69 Å². The van der Waals surface area contributed by atoms with Crippen LogP contribution in [0.3, 0.4) is 0 Å². The van der Waals surface area contributed by atoms with Crippen molar-refractivity contribution in [2.24, 2.45) is 0 Å². The number of anilines is 1. The zero-order valence-corrected chi connectivity index (χ0v) is 10.6. The number of fused-ring (bicyclic) bond motifs is 1. The number of rotatable bonds is 2. The van der Waals surface area contributed by atoms with E-state index in [1.807, 2.05) is 19.1 Å². The molecular formula is C14H14N2O3. The number of aromatic nitrogens is 1. The molecule has 2 N–H and O–H groups in total. The van der Waals surface area contributed by atoms with E-state index in [2.05, 4.69) is 4.98 Å². The first kappa shape index (κ1) is 11.6. The Bertz CT molecular complexity index is 614. The standard InChI is InChI=1S/C14H14N2O3/c1-9-11(3-2-4-16-9)19-12-8-14-13(7-10(12)15)17-5-6-18-14/h2-4,7-8H,5-6,15H2,1H3. The minimum Gasteiger partial charge on any atom is -0.486 e. The third-order valence-electron chi connectivity index (χ3n) is 2.85. The Kier molecular flexibility index (Phi) is 2.87. The van der Waals surface area contributed by atoms with Crippen LogP contribution in [0, 0.1) is 6.92 Å². The van der Waals surface area contributed by atoms with Crippen LogP contribution in [-0.2, 0) is 0 Å². The number of aryl methyl sites for hydroxylation is 1. The maximum atomic E-state index is 5.96. The summed E-state index contributed by atoms with van der Waals surface area (Å²) in [6, 6.07) is 7.13. The lowest BCUT2D eigenvalue weighted by Gasteiger charge is -2.20. The molecule has 3 rings (SSSR count). The first-order chi connectivity index (χ1) is 9.24. The fourth-order valence-electron chi connectivity index (χ4n) is 1.87. The highest BCUT2D eigenvalue weighted by atomic mass is 16.6. The Morgan fingerprint density at radius 2 is 1.89 bits per heavy atom. The van der Waals surface area contributed by atoms with Crippen molar-refractivity contribution >= 4 is 5.69 Å². The van der Waals surface area contributed by atoms with Crippen LogP contribution in [0.1, 0.15) is 5.69 Å². The summed E-state index contributed by atoms with van der Waals surface area (Å²) in [4.78, 5) is 4.17. The Balaban J connectivity index is 1.95.